The number of aromatic nitrogens is 5. The van der Waals surface area contributed by atoms with Gasteiger partial charge in [-0.2, -0.15) is 23.4 Å². The molecule has 3 fully saturated rings. The lowest BCUT2D eigenvalue weighted by molar-refractivity contribution is -0.137. The molecule has 3 aromatic rings. The lowest BCUT2D eigenvalue weighted by Gasteiger charge is -2.53. The number of alkyl halides is 4. The molecule has 12 heteroatoms. The van der Waals surface area contributed by atoms with Crippen LogP contribution in [0.3, 0.4) is 0 Å². The third-order valence-corrected chi connectivity index (χ3v) is 6.63. The Bertz CT molecular complexity index is 1200. The molecule has 2 aliphatic heterocycles. The summed E-state index contributed by atoms with van der Waals surface area (Å²) in [5, 5.41) is 8.21. The Morgan fingerprint density at radius 2 is 1.91 bits per heavy atom. The highest BCUT2D eigenvalue weighted by molar-refractivity contribution is 5.96. The van der Waals surface area contributed by atoms with E-state index in [-0.39, 0.29) is 17.5 Å². The molecule has 3 aromatic heterocycles. The minimum absolute atomic E-state index is 0.0228. The fourth-order valence-electron chi connectivity index (χ4n) is 5.02. The second-order valence-corrected chi connectivity index (χ2v) is 8.81. The molecular weight excluding hydrogens is 468 g/mol. The largest absolute Gasteiger partial charge is 0.472 e. The maximum atomic E-state index is 14.2. The Labute approximate surface area is 197 Å². The first-order valence-electron chi connectivity index (χ1n) is 11.2. The zero-order chi connectivity index (χ0) is 24.7. The molecule has 0 unspecified atom stereocenters. The number of hydrogen-bond donors (Lipinski definition) is 0. The average molecular weight is 490 g/mol. The summed E-state index contributed by atoms with van der Waals surface area (Å²) in [4.78, 5) is 24.7. The van der Waals surface area contributed by atoms with E-state index in [4.69, 9.17) is 4.74 Å². The molecule has 6 rings (SSSR count). The van der Waals surface area contributed by atoms with Crippen molar-refractivity contribution < 1.29 is 27.1 Å². The van der Waals surface area contributed by atoms with Crippen molar-refractivity contribution in [2.45, 2.75) is 50.6 Å². The standard InChI is InChI=1S/C23H22F4N6O2/c1-13-8-17(33-30-6-7-31-33)21(29-11-13)22(34)32-16-4-2-14(18(32)10-24)9-19(16)35-20-5-3-15(12-28-20)23(25,26)27/h3,5-8,11-12,14,16,18-19H,2,4,9-10H2,1H3/t14-,16+,18-,19+/m1/s1. The fraction of sp³-hybridized carbons (Fsp3) is 0.435. The third-order valence-electron chi connectivity index (χ3n) is 6.63. The molecule has 2 saturated heterocycles. The van der Waals surface area contributed by atoms with Crippen LogP contribution in [0, 0.1) is 12.8 Å². The van der Waals surface area contributed by atoms with Gasteiger partial charge in [0.15, 0.2) is 5.69 Å². The maximum Gasteiger partial charge on any atom is 0.417 e. The lowest BCUT2D eigenvalue weighted by Crippen LogP contribution is -2.65. The van der Waals surface area contributed by atoms with Gasteiger partial charge >= 0.3 is 6.18 Å². The molecule has 1 amide bonds. The molecule has 0 aromatic carbocycles. The molecule has 4 atom stereocenters. The average Bonchev–Trinajstić information content (AvgIpc) is 3.38. The smallest absolute Gasteiger partial charge is 0.417 e. The molecule has 8 nitrogen and oxygen atoms in total. The SMILES string of the molecule is Cc1cnc(C(=O)N2[C@H](CF)[C@@H]3CC[C@H]2[C@@H](Oc2ccc(C(F)(F)F)cn2)C3)c(-n2nccn2)c1. The lowest BCUT2D eigenvalue weighted by atomic mass is 9.73. The van der Waals surface area contributed by atoms with Crippen molar-refractivity contribution in [2.75, 3.05) is 6.67 Å². The molecule has 1 saturated carbocycles. The number of aryl methyl sites for hydroxylation is 1. The molecule has 184 valence electrons. The first-order valence-corrected chi connectivity index (χ1v) is 11.2. The van der Waals surface area contributed by atoms with Crippen LogP contribution < -0.4 is 4.74 Å². The van der Waals surface area contributed by atoms with Gasteiger partial charge in [0.2, 0.25) is 5.88 Å². The van der Waals surface area contributed by atoms with Gasteiger partial charge < -0.3 is 9.64 Å². The molecule has 5 heterocycles. The van der Waals surface area contributed by atoms with Crippen LogP contribution in [0.5, 0.6) is 5.88 Å². The van der Waals surface area contributed by atoms with Crippen molar-refractivity contribution in [2.24, 2.45) is 5.92 Å². The summed E-state index contributed by atoms with van der Waals surface area (Å²) >= 11 is 0. The molecule has 35 heavy (non-hydrogen) atoms. The Balaban J connectivity index is 1.45. The van der Waals surface area contributed by atoms with Crippen LogP contribution in [0.15, 0.2) is 43.0 Å². The summed E-state index contributed by atoms with van der Waals surface area (Å²) in [7, 11) is 0. The predicted molar refractivity (Wildman–Crippen MR) is 115 cm³/mol. The highest BCUT2D eigenvalue weighted by Gasteiger charge is 2.51. The molecule has 3 aliphatic rings. The Hall–Kier alpha value is -3.57. The molecule has 1 aliphatic carbocycles. The zero-order valence-corrected chi connectivity index (χ0v) is 18.7. The van der Waals surface area contributed by atoms with Gasteiger partial charge in [-0.05, 0) is 49.8 Å². The number of nitrogens with zero attached hydrogens (tertiary/aromatic N) is 6. The van der Waals surface area contributed by atoms with E-state index in [2.05, 4.69) is 20.2 Å². The number of halogens is 4. The minimum atomic E-state index is -4.50. The zero-order valence-electron chi connectivity index (χ0n) is 18.7. The van der Waals surface area contributed by atoms with Gasteiger partial charge in [0, 0.05) is 18.5 Å². The van der Waals surface area contributed by atoms with Crippen LogP contribution in [0.4, 0.5) is 17.6 Å². The first-order chi connectivity index (χ1) is 16.8. The van der Waals surface area contributed by atoms with E-state index in [1.807, 2.05) is 6.92 Å². The minimum Gasteiger partial charge on any atom is -0.472 e. The van der Waals surface area contributed by atoms with Gasteiger partial charge in [-0.3, -0.25) is 4.79 Å². The van der Waals surface area contributed by atoms with E-state index in [1.165, 1.54) is 22.1 Å². The number of carbonyl (C=O) groups is 1. The normalized spacial score (nSPS) is 24.0. The molecule has 0 spiro atoms. The molecule has 0 radical (unpaired) electrons. The second-order valence-electron chi connectivity index (χ2n) is 8.81. The van der Waals surface area contributed by atoms with E-state index in [0.29, 0.717) is 24.7 Å². The van der Waals surface area contributed by atoms with Crippen LogP contribution in [0.25, 0.3) is 5.69 Å². The van der Waals surface area contributed by atoms with Crippen LogP contribution in [0.2, 0.25) is 0 Å². The van der Waals surface area contributed by atoms with E-state index >= 15 is 0 Å². The van der Waals surface area contributed by atoms with E-state index in [9.17, 15) is 22.4 Å². The van der Waals surface area contributed by atoms with Gasteiger partial charge in [-0.15, -0.1) is 4.80 Å². The number of carbonyl (C=O) groups excluding carboxylic acids is 1. The summed E-state index contributed by atoms with van der Waals surface area (Å²) in [6.45, 7) is 1.10. The molecule has 0 N–H and O–H groups in total. The van der Waals surface area contributed by atoms with Gasteiger partial charge in [0.05, 0.1) is 30.0 Å². The number of piperidine rings is 2. The van der Waals surface area contributed by atoms with Crippen LogP contribution in [-0.4, -0.2) is 60.6 Å². The molecular formula is C23H22F4N6O2. The second kappa shape index (κ2) is 8.90. The number of amides is 1. The van der Waals surface area contributed by atoms with Crippen LogP contribution in [0.1, 0.15) is 40.9 Å². The molecule has 2 bridgehead atoms. The van der Waals surface area contributed by atoms with Crippen LogP contribution >= 0.6 is 0 Å². The summed E-state index contributed by atoms with van der Waals surface area (Å²) in [6, 6.07) is 2.65. The van der Waals surface area contributed by atoms with Crippen molar-refractivity contribution in [1.82, 2.24) is 29.9 Å². The number of ether oxygens (including phenoxy) is 1. The highest BCUT2D eigenvalue weighted by atomic mass is 19.4. The Morgan fingerprint density at radius 3 is 2.57 bits per heavy atom. The monoisotopic (exact) mass is 490 g/mol. The van der Waals surface area contributed by atoms with E-state index in [0.717, 1.165) is 24.1 Å². The van der Waals surface area contributed by atoms with Crippen molar-refractivity contribution in [3.8, 4) is 11.6 Å². The van der Waals surface area contributed by atoms with Crippen LogP contribution in [-0.2, 0) is 6.18 Å². The van der Waals surface area contributed by atoms with Crippen molar-refractivity contribution >= 4 is 5.91 Å². The summed E-state index contributed by atoms with van der Waals surface area (Å²) in [5.41, 5.74) is 0.380. The van der Waals surface area contributed by atoms with Gasteiger partial charge in [0.25, 0.3) is 5.91 Å². The topological polar surface area (TPSA) is 86.0 Å². The fourth-order valence-corrected chi connectivity index (χ4v) is 5.02. The summed E-state index contributed by atoms with van der Waals surface area (Å²) < 4.78 is 58.7. The van der Waals surface area contributed by atoms with Crippen molar-refractivity contribution in [3.05, 3.63) is 59.8 Å². The first kappa shape index (κ1) is 23.2. The summed E-state index contributed by atoms with van der Waals surface area (Å²) in [5.74, 6) is -0.608. The van der Waals surface area contributed by atoms with E-state index < -0.39 is 42.5 Å². The number of hydrogen-bond acceptors (Lipinski definition) is 6. The predicted octanol–water partition coefficient (Wildman–Crippen LogP) is 3.79. The van der Waals surface area contributed by atoms with Crippen molar-refractivity contribution in [3.63, 3.8) is 0 Å². The quantitative estimate of drug-likeness (QED) is 0.506. The Kier molecular flexibility index (Phi) is 5.89. The maximum absolute atomic E-state index is 14.2. The number of fused-ring (bicyclic) bond motifs is 3. The van der Waals surface area contributed by atoms with Gasteiger partial charge in [-0.1, -0.05) is 0 Å². The number of rotatable bonds is 5. The van der Waals surface area contributed by atoms with Gasteiger partial charge in [-0.25, -0.2) is 14.4 Å². The summed E-state index contributed by atoms with van der Waals surface area (Å²) in [6.07, 6.45) is 1.93. The third kappa shape index (κ3) is 4.32. The van der Waals surface area contributed by atoms with Crippen molar-refractivity contribution in [1.29, 1.82) is 0 Å². The van der Waals surface area contributed by atoms with E-state index in [1.54, 1.807) is 12.3 Å². The van der Waals surface area contributed by atoms with Gasteiger partial charge in [0.1, 0.15) is 18.5 Å². The number of pyridine rings is 2. The highest BCUT2D eigenvalue weighted by Crippen LogP contribution is 2.42. The Morgan fingerprint density at radius 1 is 1.14 bits per heavy atom.